The summed E-state index contributed by atoms with van der Waals surface area (Å²) in [7, 11) is 0. The second-order valence-corrected chi connectivity index (χ2v) is 6.98. The molecule has 1 nitrogen and oxygen atoms in total. The Balaban J connectivity index is 1.57. The second kappa shape index (κ2) is 5.09. The molecule has 0 saturated heterocycles. The lowest BCUT2D eigenvalue weighted by Gasteiger charge is -2.09. The summed E-state index contributed by atoms with van der Waals surface area (Å²) in [5, 5.41) is 0. The number of rotatable bonds is 2. The Morgan fingerprint density at radius 3 is 2.12 bits per heavy atom. The number of fused-ring (bicyclic) bond motifs is 5. The summed E-state index contributed by atoms with van der Waals surface area (Å²) >= 11 is 0. The molecule has 6 rings (SSSR count). The summed E-state index contributed by atoms with van der Waals surface area (Å²) in [4.78, 5) is 0. The summed E-state index contributed by atoms with van der Waals surface area (Å²) in [5.41, 5.74) is 12.4. The molecule has 0 spiro atoms. The van der Waals surface area contributed by atoms with Crippen LogP contribution in [0, 0.1) is 0 Å². The molecule has 0 amide bonds. The van der Waals surface area contributed by atoms with Crippen LogP contribution in [0.25, 0.3) is 44.5 Å². The molecule has 1 aliphatic carbocycles. The predicted octanol–water partition coefficient (Wildman–Crippen LogP) is 6.78. The van der Waals surface area contributed by atoms with Gasteiger partial charge in [-0.3, -0.25) is 0 Å². The molecule has 0 atom stereocenters. The molecule has 26 heavy (non-hydrogen) atoms. The topological polar surface area (TPSA) is 13.1 Å². The second-order valence-electron chi connectivity index (χ2n) is 6.98. The van der Waals surface area contributed by atoms with Gasteiger partial charge in [0, 0.05) is 11.1 Å². The molecule has 5 aromatic rings. The maximum absolute atomic E-state index is 6.09. The van der Waals surface area contributed by atoms with E-state index in [1.807, 2.05) is 6.07 Å². The third-order valence-corrected chi connectivity index (χ3v) is 5.51. The van der Waals surface area contributed by atoms with Gasteiger partial charge >= 0.3 is 0 Å². The highest BCUT2D eigenvalue weighted by Gasteiger charge is 2.24. The van der Waals surface area contributed by atoms with Crippen molar-refractivity contribution < 1.29 is 4.42 Å². The molecule has 0 saturated carbocycles. The number of hydrogen-bond acceptors (Lipinski definition) is 1. The van der Waals surface area contributed by atoms with Crippen LogP contribution in [0.15, 0.2) is 89.3 Å². The fourth-order valence-corrected chi connectivity index (χ4v) is 4.33. The first-order valence-corrected chi connectivity index (χ1v) is 9.00. The molecule has 0 N–H and O–H groups in total. The van der Waals surface area contributed by atoms with Gasteiger partial charge in [-0.1, -0.05) is 72.8 Å². The molecule has 1 aliphatic rings. The van der Waals surface area contributed by atoms with E-state index in [-0.39, 0.29) is 0 Å². The van der Waals surface area contributed by atoms with E-state index in [1.54, 1.807) is 0 Å². The van der Waals surface area contributed by atoms with Crippen molar-refractivity contribution in [2.45, 2.75) is 6.42 Å². The molecule has 2 aromatic heterocycles. The fraction of sp³-hybridized carbons (Fsp3) is 0.0400. The highest BCUT2D eigenvalue weighted by Crippen LogP contribution is 2.46. The molecule has 1 heteroatoms. The summed E-state index contributed by atoms with van der Waals surface area (Å²) in [6.07, 6.45) is 0.992. The molecule has 0 unspecified atom stereocenters. The number of furan rings is 2. The standard InChI is InChI=1S/C25H16O/c1-2-7-16(8-3-1)22-14-18-15-24(25(22)26-18)21-12-6-11-20-19-10-5-4-9-17(19)13-23(20)21/h1-12,14-15H,13H2. The summed E-state index contributed by atoms with van der Waals surface area (Å²) < 4.78 is 6.09. The minimum absolute atomic E-state index is 0.946. The SMILES string of the molecule is c1ccc(-c2cc3cc(-c4cccc5c4Cc4ccccc4-5)c2o3)cc1. The van der Waals surface area contributed by atoms with Gasteiger partial charge in [0.25, 0.3) is 0 Å². The van der Waals surface area contributed by atoms with E-state index in [1.165, 1.54) is 44.5 Å². The van der Waals surface area contributed by atoms with E-state index < -0.39 is 0 Å². The Hall–Kier alpha value is -3.32. The minimum Gasteiger partial charge on any atom is -0.456 e. The Morgan fingerprint density at radius 2 is 1.27 bits per heavy atom. The third-order valence-electron chi connectivity index (χ3n) is 5.51. The van der Waals surface area contributed by atoms with Crippen LogP contribution in [0.1, 0.15) is 11.1 Å². The summed E-state index contributed by atoms with van der Waals surface area (Å²) in [6, 6.07) is 30.2. The van der Waals surface area contributed by atoms with E-state index in [9.17, 15) is 0 Å². The van der Waals surface area contributed by atoms with Crippen LogP contribution in [0.4, 0.5) is 0 Å². The average Bonchev–Trinajstić information content (AvgIpc) is 3.40. The van der Waals surface area contributed by atoms with Crippen LogP contribution in [0.3, 0.4) is 0 Å². The summed E-state index contributed by atoms with van der Waals surface area (Å²) in [5.74, 6) is 0. The monoisotopic (exact) mass is 332 g/mol. The zero-order valence-corrected chi connectivity index (χ0v) is 14.2. The van der Waals surface area contributed by atoms with Crippen LogP contribution in [0.5, 0.6) is 0 Å². The van der Waals surface area contributed by atoms with Crippen LogP contribution < -0.4 is 0 Å². The van der Waals surface area contributed by atoms with E-state index in [0.717, 1.165) is 17.6 Å². The van der Waals surface area contributed by atoms with Gasteiger partial charge in [0.1, 0.15) is 11.2 Å². The maximum Gasteiger partial charge on any atom is 0.143 e. The van der Waals surface area contributed by atoms with Crippen molar-refractivity contribution in [1.82, 2.24) is 0 Å². The van der Waals surface area contributed by atoms with Gasteiger partial charge in [0.2, 0.25) is 0 Å². The zero-order valence-electron chi connectivity index (χ0n) is 14.2. The molecular weight excluding hydrogens is 316 g/mol. The number of benzene rings is 4. The van der Waals surface area contributed by atoms with Crippen LogP contribution >= 0.6 is 0 Å². The predicted molar refractivity (Wildman–Crippen MR) is 107 cm³/mol. The van der Waals surface area contributed by atoms with Gasteiger partial charge in [-0.05, 0) is 51.9 Å². The van der Waals surface area contributed by atoms with Gasteiger partial charge in [-0.25, -0.2) is 0 Å². The molecule has 0 aliphatic heterocycles. The largest absolute Gasteiger partial charge is 0.456 e. The molecule has 2 heterocycles. The Morgan fingerprint density at radius 1 is 0.577 bits per heavy atom. The first kappa shape index (κ1) is 13.9. The molecule has 122 valence electrons. The van der Waals surface area contributed by atoms with Gasteiger partial charge in [-0.15, -0.1) is 0 Å². The first-order valence-electron chi connectivity index (χ1n) is 9.00. The lowest BCUT2D eigenvalue weighted by Crippen LogP contribution is -1.88. The smallest absolute Gasteiger partial charge is 0.143 e. The van der Waals surface area contributed by atoms with Gasteiger partial charge < -0.3 is 4.42 Å². The van der Waals surface area contributed by atoms with E-state index >= 15 is 0 Å². The van der Waals surface area contributed by atoms with E-state index in [4.69, 9.17) is 4.42 Å². The highest BCUT2D eigenvalue weighted by atomic mass is 16.3. The quantitative estimate of drug-likeness (QED) is 0.341. The highest BCUT2D eigenvalue weighted by molar-refractivity contribution is 6.00. The third kappa shape index (κ3) is 1.86. The van der Waals surface area contributed by atoms with Crippen LogP contribution in [-0.4, -0.2) is 0 Å². The van der Waals surface area contributed by atoms with E-state index in [0.29, 0.717) is 0 Å². The van der Waals surface area contributed by atoms with Crippen molar-refractivity contribution >= 4 is 11.2 Å². The molecule has 0 radical (unpaired) electrons. The van der Waals surface area contributed by atoms with Crippen LogP contribution in [0.2, 0.25) is 0 Å². The molecular formula is C25H16O. The van der Waals surface area contributed by atoms with Crippen molar-refractivity contribution in [3.8, 4) is 33.4 Å². The normalized spacial score (nSPS) is 12.5. The minimum atomic E-state index is 0.946. The fourth-order valence-electron chi connectivity index (χ4n) is 4.33. The lowest BCUT2D eigenvalue weighted by atomic mass is 9.93. The van der Waals surface area contributed by atoms with E-state index in [2.05, 4.69) is 78.9 Å². The Bertz CT molecular complexity index is 1240. The van der Waals surface area contributed by atoms with Gasteiger partial charge in [-0.2, -0.15) is 0 Å². The first-order chi connectivity index (χ1) is 12.9. The number of hydrogen-bond donors (Lipinski definition) is 0. The Labute approximate surface area is 151 Å². The maximum atomic E-state index is 6.09. The van der Waals surface area contributed by atoms with Crippen molar-refractivity contribution in [2.24, 2.45) is 0 Å². The van der Waals surface area contributed by atoms with Gasteiger partial charge in [0.15, 0.2) is 0 Å². The van der Waals surface area contributed by atoms with Crippen molar-refractivity contribution in [3.63, 3.8) is 0 Å². The Kier molecular flexibility index (Phi) is 2.72. The van der Waals surface area contributed by atoms with Crippen molar-refractivity contribution in [1.29, 1.82) is 0 Å². The van der Waals surface area contributed by atoms with Gasteiger partial charge in [0.05, 0.1) is 0 Å². The molecule has 0 fully saturated rings. The average molecular weight is 332 g/mol. The van der Waals surface area contributed by atoms with Crippen LogP contribution in [-0.2, 0) is 6.42 Å². The zero-order chi connectivity index (χ0) is 17.1. The molecule has 2 bridgehead atoms. The van der Waals surface area contributed by atoms with Crippen molar-refractivity contribution in [3.05, 3.63) is 96.1 Å². The molecule has 3 aromatic carbocycles. The lowest BCUT2D eigenvalue weighted by molar-refractivity contribution is 0.676. The summed E-state index contributed by atoms with van der Waals surface area (Å²) in [6.45, 7) is 0. The van der Waals surface area contributed by atoms with Crippen molar-refractivity contribution in [2.75, 3.05) is 0 Å².